The van der Waals surface area contributed by atoms with Crippen LogP contribution in [0.3, 0.4) is 0 Å². The van der Waals surface area contributed by atoms with Crippen LogP contribution in [0.25, 0.3) is 0 Å². The molecule has 0 amide bonds. The van der Waals surface area contributed by atoms with E-state index in [9.17, 15) is 4.79 Å². The largest absolute Gasteiger partial charge is 0.458 e. The average molecular weight is 281 g/mol. The number of esters is 1. The van der Waals surface area contributed by atoms with Gasteiger partial charge >= 0.3 is 5.97 Å². The maximum absolute atomic E-state index is 11.9. The zero-order valence-electron chi connectivity index (χ0n) is 12.4. The monoisotopic (exact) mass is 281 g/mol. The van der Waals surface area contributed by atoms with Crippen molar-refractivity contribution < 1.29 is 14.3 Å². The lowest BCUT2D eigenvalue weighted by molar-refractivity contribution is -0.0614. The van der Waals surface area contributed by atoms with Crippen molar-refractivity contribution in [2.75, 3.05) is 32.8 Å². The van der Waals surface area contributed by atoms with Crippen LogP contribution < -0.4 is 0 Å². The summed E-state index contributed by atoms with van der Waals surface area (Å²) in [6, 6.07) is 1.65. The Morgan fingerprint density at radius 3 is 3.05 bits per heavy atom. The Balaban J connectivity index is 1.79. The van der Waals surface area contributed by atoms with Gasteiger partial charge in [-0.25, -0.2) is 4.79 Å². The van der Waals surface area contributed by atoms with Gasteiger partial charge in [0.05, 0.1) is 6.61 Å². The van der Waals surface area contributed by atoms with Crippen molar-refractivity contribution in [3.05, 3.63) is 18.0 Å². The van der Waals surface area contributed by atoms with Crippen LogP contribution >= 0.6 is 0 Å². The van der Waals surface area contributed by atoms with Gasteiger partial charge in [-0.15, -0.1) is 0 Å². The molecule has 0 radical (unpaired) electrons. The number of carbonyl (C=O) groups is 1. The van der Waals surface area contributed by atoms with Crippen LogP contribution in [0.15, 0.2) is 12.3 Å². The van der Waals surface area contributed by atoms with Crippen molar-refractivity contribution in [1.29, 1.82) is 0 Å². The number of hydrogen-bond acceptors (Lipinski definition) is 5. The molecule has 1 aromatic rings. The number of morpholine rings is 1. The minimum Gasteiger partial charge on any atom is -0.458 e. The van der Waals surface area contributed by atoms with Gasteiger partial charge in [-0.05, 0) is 12.0 Å². The number of nitrogens with zero attached hydrogens (tertiary/aromatic N) is 3. The second-order valence-electron chi connectivity index (χ2n) is 5.58. The Hall–Kier alpha value is -1.40. The Morgan fingerprint density at radius 2 is 2.40 bits per heavy atom. The number of ether oxygens (including phenoxy) is 2. The third-order valence-electron chi connectivity index (χ3n) is 3.28. The smallest absolute Gasteiger partial charge is 0.356 e. The molecule has 0 N–H and O–H groups in total. The SMILES string of the molecule is CC(C)CN1CCO[C@H](COC(=O)c2ccnn2C)C1. The molecule has 1 aromatic heterocycles. The van der Waals surface area contributed by atoms with Gasteiger partial charge in [-0.3, -0.25) is 9.58 Å². The molecule has 0 bridgehead atoms. The molecule has 1 aliphatic rings. The summed E-state index contributed by atoms with van der Waals surface area (Å²) in [6.45, 7) is 8.20. The van der Waals surface area contributed by atoms with E-state index in [1.54, 1.807) is 19.3 Å². The summed E-state index contributed by atoms with van der Waals surface area (Å²) in [7, 11) is 1.72. The lowest BCUT2D eigenvalue weighted by atomic mass is 10.2. The molecule has 0 unspecified atom stereocenters. The highest BCUT2D eigenvalue weighted by molar-refractivity contribution is 5.87. The van der Waals surface area contributed by atoms with Crippen molar-refractivity contribution >= 4 is 5.97 Å². The van der Waals surface area contributed by atoms with Gasteiger partial charge in [0.15, 0.2) is 0 Å². The van der Waals surface area contributed by atoms with Crippen LogP contribution in [-0.2, 0) is 16.5 Å². The lowest BCUT2D eigenvalue weighted by Gasteiger charge is -2.33. The molecule has 0 spiro atoms. The number of aromatic nitrogens is 2. The number of hydrogen-bond donors (Lipinski definition) is 0. The van der Waals surface area contributed by atoms with Gasteiger partial charge < -0.3 is 9.47 Å². The second-order valence-corrected chi connectivity index (χ2v) is 5.58. The minimum atomic E-state index is -0.352. The maximum Gasteiger partial charge on any atom is 0.356 e. The Morgan fingerprint density at radius 1 is 1.60 bits per heavy atom. The van der Waals surface area contributed by atoms with Crippen LogP contribution in [0.1, 0.15) is 24.3 Å². The summed E-state index contributed by atoms with van der Waals surface area (Å²) in [6.07, 6.45) is 1.54. The van der Waals surface area contributed by atoms with E-state index in [2.05, 4.69) is 23.8 Å². The van der Waals surface area contributed by atoms with Crippen LogP contribution in [0.5, 0.6) is 0 Å². The van der Waals surface area contributed by atoms with Gasteiger partial charge in [0, 0.05) is 32.9 Å². The molecule has 1 saturated heterocycles. The first kappa shape index (κ1) is 15.0. The third kappa shape index (κ3) is 4.05. The molecule has 20 heavy (non-hydrogen) atoms. The Bertz CT molecular complexity index is 445. The van der Waals surface area contributed by atoms with E-state index in [1.807, 2.05) is 0 Å². The van der Waals surface area contributed by atoms with E-state index < -0.39 is 0 Å². The Labute approximate surface area is 119 Å². The Kier molecular flexibility index (Phi) is 5.14. The quantitative estimate of drug-likeness (QED) is 0.752. The molecule has 112 valence electrons. The van der Waals surface area contributed by atoms with E-state index in [0.29, 0.717) is 24.8 Å². The molecule has 2 rings (SSSR count). The molecule has 0 aliphatic carbocycles. The van der Waals surface area contributed by atoms with E-state index >= 15 is 0 Å². The molecule has 6 nitrogen and oxygen atoms in total. The van der Waals surface area contributed by atoms with Crippen LogP contribution in [-0.4, -0.2) is 59.6 Å². The highest BCUT2D eigenvalue weighted by Gasteiger charge is 2.23. The molecule has 0 saturated carbocycles. The van der Waals surface area contributed by atoms with E-state index in [1.165, 1.54) is 4.68 Å². The lowest BCUT2D eigenvalue weighted by Crippen LogP contribution is -2.45. The van der Waals surface area contributed by atoms with Gasteiger partial charge in [-0.1, -0.05) is 13.8 Å². The number of carbonyl (C=O) groups excluding carboxylic acids is 1. The summed E-state index contributed by atoms with van der Waals surface area (Å²) in [5, 5.41) is 3.95. The van der Waals surface area contributed by atoms with E-state index in [-0.39, 0.29) is 12.1 Å². The van der Waals surface area contributed by atoms with Gasteiger partial charge in [0.1, 0.15) is 18.4 Å². The van der Waals surface area contributed by atoms with Crippen LogP contribution in [0, 0.1) is 5.92 Å². The molecule has 1 atom stereocenters. The summed E-state index contributed by atoms with van der Waals surface area (Å²) in [5.41, 5.74) is 0.458. The zero-order valence-corrected chi connectivity index (χ0v) is 12.4. The van der Waals surface area contributed by atoms with Crippen molar-refractivity contribution in [2.45, 2.75) is 20.0 Å². The fourth-order valence-corrected chi connectivity index (χ4v) is 2.38. The standard InChI is InChI=1S/C14H23N3O3/c1-11(2)8-17-6-7-19-12(9-17)10-20-14(18)13-4-5-15-16(13)3/h4-5,11-12H,6-10H2,1-3H3/t12-/m0/s1. The molecule has 2 heterocycles. The first-order chi connectivity index (χ1) is 9.56. The summed E-state index contributed by atoms with van der Waals surface area (Å²) >= 11 is 0. The predicted molar refractivity (Wildman–Crippen MR) is 74.5 cm³/mol. The summed E-state index contributed by atoms with van der Waals surface area (Å²) in [4.78, 5) is 14.2. The van der Waals surface area contributed by atoms with Crippen molar-refractivity contribution in [3.8, 4) is 0 Å². The molecule has 0 aromatic carbocycles. The molecule has 1 aliphatic heterocycles. The van der Waals surface area contributed by atoms with Crippen molar-refractivity contribution in [2.24, 2.45) is 13.0 Å². The minimum absolute atomic E-state index is 0.0420. The number of aryl methyl sites for hydroxylation is 1. The molecular formula is C14H23N3O3. The summed E-state index contributed by atoms with van der Waals surface area (Å²) in [5.74, 6) is 0.278. The van der Waals surface area contributed by atoms with Crippen LogP contribution in [0.4, 0.5) is 0 Å². The van der Waals surface area contributed by atoms with Gasteiger partial charge in [-0.2, -0.15) is 5.10 Å². The van der Waals surface area contributed by atoms with Gasteiger partial charge in [0.2, 0.25) is 0 Å². The average Bonchev–Trinajstić information content (AvgIpc) is 2.82. The van der Waals surface area contributed by atoms with E-state index in [4.69, 9.17) is 9.47 Å². The fraction of sp³-hybridized carbons (Fsp3) is 0.714. The maximum atomic E-state index is 11.9. The summed E-state index contributed by atoms with van der Waals surface area (Å²) < 4.78 is 12.5. The fourth-order valence-electron chi connectivity index (χ4n) is 2.38. The van der Waals surface area contributed by atoms with Gasteiger partial charge in [0.25, 0.3) is 0 Å². The molecule has 6 heteroatoms. The van der Waals surface area contributed by atoms with Crippen molar-refractivity contribution in [1.82, 2.24) is 14.7 Å². The number of rotatable bonds is 5. The first-order valence-electron chi connectivity index (χ1n) is 7.05. The topological polar surface area (TPSA) is 56.6 Å². The normalized spacial score (nSPS) is 20.3. The zero-order chi connectivity index (χ0) is 14.5. The van der Waals surface area contributed by atoms with Crippen LogP contribution in [0.2, 0.25) is 0 Å². The molecule has 1 fully saturated rings. The first-order valence-corrected chi connectivity index (χ1v) is 7.05. The molecular weight excluding hydrogens is 258 g/mol. The second kappa shape index (κ2) is 6.85. The highest BCUT2D eigenvalue weighted by Crippen LogP contribution is 2.09. The van der Waals surface area contributed by atoms with E-state index in [0.717, 1.165) is 19.6 Å². The predicted octanol–water partition coefficient (Wildman–Crippen LogP) is 0.934. The third-order valence-corrected chi connectivity index (χ3v) is 3.28. The highest BCUT2D eigenvalue weighted by atomic mass is 16.6. The van der Waals surface area contributed by atoms with Crippen molar-refractivity contribution in [3.63, 3.8) is 0 Å².